The topological polar surface area (TPSA) is 40.5 Å². The molecule has 5 heteroatoms. The van der Waals surface area contributed by atoms with Crippen LogP contribution in [0.1, 0.15) is 37.7 Å². The van der Waals surface area contributed by atoms with E-state index in [0.717, 1.165) is 31.7 Å². The van der Waals surface area contributed by atoms with E-state index in [4.69, 9.17) is 0 Å². The van der Waals surface area contributed by atoms with Crippen molar-refractivity contribution in [2.45, 2.75) is 50.7 Å². The maximum atomic E-state index is 13.3. The highest BCUT2D eigenvalue weighted by Crippen LogP contribution is 2.40. The third kappa shape index (κ3) is 2.79. The first kappa shape index (κ1) is 14.4. The molecule has 3 atom stereocenters. The molecule has 3 rings (SSSR count). The van der Waals surface area contributed by atoms with Gasteiger partial charge in [0.25, 0.3) is 0 Å². The SMILES string of the molecule is O=C(O)[C@@H]1C[C@@H]2CCCC[C@@H]2N1Cc1ccc(F)c(F)c1. The second kappa shape index (κ2) is 5.72. The van der Waals surface area contributed by atoms with Crippen molar-refractivity contribution in [3.63, 3.8) is 0 Å². The van der Waals surface area contributed by atoms with Crippen LogP contribution >= 0.6 is 0 Å². The van der Waals surface area contributed by atoms with E-state index >= 15 is 0 Å². The number of likely N-dealkylation sites (tertiary alicyclic amines) is 1. The molecule has 0 radical (unpaired) electrons. The molecule has 1 saturated heterocycles. The Labute approximate surface area is 122 Å². The van der Waals surface area contributed by atoms with Gasteiger partial charge < -0.3 is 5.11 Å². The van der Waals surface area contributed by atoms with E-state index < -0.39 is 23.6 Å². The Bertz CT molecular complexity index is 549. The number of carbonyl (C=O) groups is 1. The molecule has 0 amide bonds. The molecule has 1 saturated carbocycles. The van der Waals surface area contributed by atoms with E-state index in [9.17, 15) is 18.7 Å². The summed E-state index contributed by atoms with van der Waals surface area (Å²) in [6.45, 7) is 0.370. The molecule has 1 aromatic rings. The number of carboxylic acids is 1. The summed E-state index contributed by atoms with van der Waals surface area (Å²) in [6.07, 6.45) is 5.01. The van der Waals surface area contributed by atoms with Crippen molar-refractivity contribution in [3.8, 4) is 0 Å². The number of hydrogen-bond acceptors (Lipinski definition) is 2. The summed E-state index contributed by atoms with van der Waals surface area (Å²) in [7, 11) is 0. The van der Waals surface area contributed by atoms with Crippen molar-refractivity contribution in [2.24, 2.45) is 5.92 Å². The molecular weight excluding hydrogens is 276 g/mol. The Morgan fingerprint density at radius 3 is 2.71 bits per heavy atom. The van der Waals surface area contributed by atoms with E-state index in [-0.39, 0.29) is 6.04 Å². The molecule has 1 heterocycles. The summed E-state index contributed by atoms with van der Waals surface area (Å²) >= 11 is 0. The van der Waals surface area contributed by atoms with Crippen molar-refractivity contribution >= 4 is 5.97 Å². The first-order chi connectivity index (χ1) is 10.1. The Morgan fingerprint density at radius 2 is 2.00 bits per heavy atom. The first-order valence-corrected chi connectivity index (χ1v) is 7.48. The molecule has 0 aromatic heterocycles. The summed E-state index contributed by atoms with van der Waals surface area (Å²) in [6, 6.07) is 3.56. The molecule has 3 nitrogen and oxygen atoms in total. The molecule has 114 valence electrons. The largest absolute Gasteiger partial charge is 0.480 e. The molecule has 2 fully saturated rings. The molecule has 2 aliphatic rings. The van der Waals surface area contributed by atoms with Gasteiger partial charge in [-0.05, 0) is 42.9 Å². The molecule has 0 unspecified atom stereocenters. The average Bonchev–Trinajstić information content (AvgIpc) is 2.82. The summed E-state index contributed by atoms with van der Waals surface area (Å²) in [4.78, 5) is 13.5. The van der Waals surface area contributed by atoms with Gasteiger partial charge in [0.2, 0.25) is 0 Å². The van der Waals surface area contributed by atoms with Crippen LogP contribution in [-0.2, 0) is 11.3 Å². The lowest BCUT2D eigenvalue weighted by molar-refractivity contribution is -0.142. The predicted molar refractivity (Wildman–Crippen MR) is 73.7 cm³/mol. The van der Waals surface area contributed by atoms with Crippen LogP contribution < -0.4 is 0 Å². The number of fused-ring (bicyclic) bond motifs is 1. The van der Waals surface area contributed by atoms with Crippen molar-refractivity contribution in [2.75, 3.05) is 0 Å². The molecule has 1 aromatic carbocycles. The van der Waals surface area contributed by atoms with Gasteiger partial charge in [-0.1, -0.05) is 18.9 Å². The zero-order chi connectivity index (χ0) is 15.0. The predicted octanol–water partition coefficient (Wildman–Crippen LogP) is 3.18. The third-order valence-electron chi connectivity index (χ3n) is 4.86. The summed E-state index contributed by atoms with van der Waals surface area (Å²) < 4.78 is 26.3. The minimum atomic E-state index is -0.876. The highest BCUT2D eigenvalue weighted by molar-refractivity contribution is 5.74. The van der Waals surface area contributed by atoms with Crippen molar-refractivity contribution < 1.29 is 18.7 Å². The van der Waals surface area contributed by atoms with Crippen LogP contribution in [0.5, 0.6) is 0 Å². The number of halogens is 2. The maximum Gasteiger partial charge on any atom is 0.320 e. The average molecular weight is 295 g/mol. The Kier molecular flexibility index (Phi) is 3.93. The lowest BCUT2D eigenvalue weighted by atomic mass is 9.84. The fraction of sp³-hybridized carbons (Fsp3) is 0.562. The summed E-state index contributed by atoms with van der Waals surface area (Å²) in [5, 5.41) is 9.43. The minimum Gasteiger partial charge on any atom is -0.480 e. The molecule has 21 heavy (non-hydrogen) atoms. The van der Waals surface area contributed by atoms with E-state index in [1.54, 1.807) is 0 Å². The molecule has 0 spiro atoms. The van der Waals surface area contributed by atoms with E-state index in [1.807, 2.05) is 4.90 Å². The second-order valence-corrected chi connectivity index (χ2v) is 6.12. The fourth-order valence-corrected chi connectivity index (χ4v) is 3.87. The number of nitrogens with zero attached hydrogens (tertiary/aromatic N) is 1. The Balaban J connectivity index is 1.82. The van der Waals surface area contributed by atoms with Gasteiger partial charge in [-0.25, -0.2) is 8.78 Å². The number of hydrogen-bond donors (Lipinski definition) is 1. The molecule has 1 aliphatic carbocycles. The number of benzene rings is 1. The van der Waals surface area contributed by atoms with E-state index in [2.05, 4.69) is 0 Å². The molecular formula is C16H19F2NO2. The Morgan fingerprint density at radius 1 is 1.24 bits per heavy atom. The van der Waals surface area contributed by atoms with Crippen molar-refractivity contribution in [1.82, 2.24) is 4.90 Å². The van der Waals surface area contributed by atoms with Gasteiger partial charge in [0.1, 0.15) is 6.04 Å². The van der Waals surface area contributed by atoms with Gasteiger partial charge in [-0.3, -0.25) is 9.69 Å². The number of rotatable bonds is 3. The summed E-state index contributed by atoms with van der Waals surface area (Å²) in [5.41, 5.74) is 0.631. The molecule has 0 bridgehead atoms. The van der Waals surface area contributed by atoms with Crippen molar-refractivity contribution in [3.05, 3.63) is 35.4 Å². The van der Waals surface area contributed by atoms with Crippen LogP contribution in [0, 0.1) is 17.6 Å². The number of carboxylic acid groups (broad SMARTS) is 1. The second-order valence-electron chi connectivity index (χ2n) is 6.12. The maximum absolute atomic E-state index is 13.3. The highest BCUT2D eigenvalue weighted by Gasteiger charge is 2.44. The standard InChI is InChI=1S/C16H19F2NO2/c17-12-6-5-10(7-13(12)18)9-19-14-4-2-1-3-11(14)8-15(19)16(20)21/h5-7,11,14-15H,1-4,8-9H2,(H,20,21)/t11-,14-,15-/m0/s1. The monoisotopic (exact) mass is 295 g/mol. The third-order valence-corrected chi connectivity index (χ3v) is 4.86. The van der Waals surface area contributed by atoms with Gasteiger partial charge in [-0.15, -0.1) is 0 Å². The number of aliphatic carboxylic acids is 1. The van der Waals surface area contributed by atoms with Crippen LogP contribution in [-0.4, -0.2) is 28.1 Å². The van der Waals surface area contributed by atoms with Gasteiger partial charge in [-0.2, -0.15) is 0 Å². The van der Waals surface area contributed by atoms with Crippen molar-refractivity contribution in [1.29, 1.82) is 0 Å². The first-order valence-electron chi connectivity index (χ1n) is 7.48. The molecule has 1 N–H and O–H groups in total. The highest BCUT2D eigenvalue weighted by atomic mass is 19.2. The summed E-state index contributed by atoms with van der Waals surface area (Å²) in [5.74, 6) is -2.14. The van der Waals surface area contributed by atoms with Gasteiger partial charge >= 0.3 is 5.97 Å². The quantitative estimate of drug-likeness (QED) is 0.931. The normalized spacial score (nSPS) is 29.3. The lowest BCUT2D eigenvalue weighted by Crippen LogP contribution is -2.41. The lowest BCUT2D eigenvalue weighted by Gasteiger charge is -2.33. The Hall–Kier alpha value is -1.49. The van der Waals surface area contributed by atoms with Crippen LogP contribution in [0.2, 0.25) is 0 Å². The van der Waals surface area contributed by atoms with Crippen LogP contribution in [0.3, 0.4) is 0 Å². The zero-order valence-electron chi connectivity index (χ0n) is 11.8. The van der Waals surface area contributed by atoms with E-state index in [1.165, 1.54) is 12.1 Å². The van der Waals surface area contributed by atoms with Crippen LogP contribution in [0.4, 0.5) is 8.78 Å². The van der Waals surface area contributed by atoms with Gasteiger partial charge in [0.15, 0.2) is 11.6 Å². The molecule has 1 aliphatic heterocycles. The van der Waals surface area contributed by atoms with E-state index in [0.29, 0.717) is 24.4 Å². The van der Waals surface area contributed by atoms with Crippen LogP contribution in [0.15, 0.2) is 18.2 Å². The minimum absolute atomic E-state index is 0.257. The smallest absolute Gasteiger partial charge is 0.320 e. The van der Waals surface area contributed by atoms with Crippen LogP contribution in [0.25, 0.3) is 0 Å². The fourth-order valence-electron chi connectivity index (χ4n) is 3.87. The zero-order valence-corrected chi connectivity index (χ0v) is 11.8. The van der Waals surface area contributed by atoms with Gasteiger partial charge in [0, 0.05) is 12.6 Å². The van der Waals surface area contributed by atoms with Gasteiger partial charge in [0.05, 0.1) is 0 Å².